The van der Waals surface area contributed by atoms with Crippen LogP contribution in [0.15, 0.2) is 5.16 Å². The first-order valence-corrected chi connectivity index (χ1v) is 12.3. The Kier molecular flexibility index (Phi) is 6.33. The molecule has 0 aromatic heterocycles. The molecule has 0 saturated heterocycles. The fourth-order valence-electron chi connectivity index (χ4n) is 8.23. The van der Waals surface area contributed by atoms with Gasteiger partial charge in [-0.15, -0.1) is 0 Å². The fourth-order valence-corrected chi connectivity index (χ4v) is 8.23. The highest BCUT2D eigenvalue weighted by molar-refractivity contribution is 5.57. The van der Waals surface area contributed by atoms with E-state index < -0.39 is 0 Å². The van der Waals surface area contributed by atoms with Gasteiger partial charge in [-0.1, -0.05) is 19.0 Å². The first-order chi connectivity index (χ1) is 13.8. The Labute approximate surface area is 178 Å². The van der Waals surface area contributed by atoms with E-state index in [1.807, 2.05) is 0 Å². The van der Waals surface area contributed by atoms with Gasteiger partial charge in [0.25, 0.3) is 0 Å². The second-order valence-electron chi connectivity index (χ2n) is 11.6. The monoisotopic (exact) mass is 404 g/mol. The van der Waals surface area contributed by atoms with Gasteiger partial charge in [-0.25, -0.2) is 0 Å². The van der Waals surface area contributed by atoms with Crippen molar-refractivity contribution in [1.82, 2.24) is 4.90 Å². The Hall–Kier alpha value is -0.610. The Morgan fingerprint density at radius 1 is 1.00 bits per heavy atom. The van der Waals surface area contributed by atoms with Crippen LogP contribution in [0.1, 0.15) is 78.1 Å². The summed E-state index contributed by atoms with van der Waals surface area (Å²) in [6.07, 6.45) is 14.8. The SMILES string of the molecule is CN(C)CCO/N=C/CC1CC[C@H]2[C@@H]3CCC4CC(O)CC[C@]4(C)[C@@H]3CC[C@]12C. The topological polar surface area (TPSA) is 45.1 Å². The summed E-state index contributed by atoms with van der Waals surface area (Å²) in [6.45, 7) is 6.78. The maximum atomic E-state index is 10.2. The molecule has 4 rings (SSSR count). The van der Waals surface area contributed by atoms with Crippen molar-refractivity contribution in [2.24, 2.45) is 45.6 Å². The van der Waals surface area contributed by atoms with E-state index in [0.29, 0.717) is 17.4 Å². The zero-order valence-electron chi connectivity index (χ0n) is 19.3. The molecular formula is C25H44N2O2. The average molecular weight is 405 g/mol. The number of fused-ring (bicyclic) bond motifs is 5. The number of oxime groups is 1. The van der Waals surface area contributed by atoms with Crippen LogP contribution in [-0.4, -0.2) is 49.6 Å². The maximum absolute atomic E-state index is 10.2. The van der Waals surface area contributed by atoms with E-state index in [0.717, 1.165) is 55.4 Å². The van der Waals surface area contributed by atoms with E-state index in [-0.39, 0.29) is 6.10 Å². The predicted molar refractivity (Wildman–Crippen MR) is 119 cm³/mol. The summed E-state index contributed by atoms with van der Waals surface area (Å²) in [4.78, 5) is 7.57. The highest BCUT2D eigenvalue weighted by Crippen LogP contribution is 2.67. The largest absolute Gasteiger partial charge is 0.395 e. The number of rotatable bonds is 6. The van der Waals surface area contributed by atoms with Gasteiger partial charge in [0.15, 0.2) is 0 Å². The quantitative estimate of drug-likeness (QED) is 0.387. The molecule has 0 aromatic rings. The number of likely N-dealkylation sites (N-methyl/N-ethyl adjacent to an activating group) is 1. The molecule has 4 fully saturated rings. The minimum atomic E-state index is -0.0337. The van der Waals surface area contributed by atoms with E-state index >= 15 is 0 Å². The molecule has 0 bridgehead atoms. The molecule has 166 valence electrons. The molecule has 4 heteroatoms. The van der Waals surface area contributed by atoms with Gasteiger partial charge in [0.1, 0.15) is 6.61 Å². The molecule has 29 heavy (non-hydrogen) atoms. The zero-order chi connectivity index (χ0) is 20.6. The van der Waals surface area contributed by atoms with Crippen LogP contribution in [0.5, 0.6) is 0 Å². The molecule has 0 radical (unpaired) electrons. The smallest absolute Gasteiger partial charge is 0.129 e. The van der Waals surface area contributed by atoms with Crippen LogP contribution in [0.25, 0.3) is 0 Å². The lowest BCUT2D eigenvalue weighted by atomic mass is 9.44. The summed E-state index contributed by atoms with van der Waals surface area (Å²) in [5.74, 6) is 4.25. The molecule has 4 nitrogen and oxygen atoms in total. The summed E-state index contributed by atoms with van der Waals surface area (Å²) in [7, 11) is 4.12. The highest BCUT2D eigenvalue weighted by Gasteiger charge is 2.59. The molecule has 0 amide bonds. The number of nitrogens with zero attached hydrogens (tertiary/aromatic N) is 2. The van der Waals surface area contributed by atoms with E-state index in [2.05, 4.69) is 44.2 Å². The van der Waals surface area contributed by atoms with Gasteiger partial charge in [-0.05, 0) is 119 Å². The van der Waals surface area contributed by atoms with Gasteiger partial charge in [0.05, 0.1) is 6.10 Å². The van der Waals surface area contributed by atoms with E-state index in [9.17, 15) is 5.11 Å². The van der Waals surface area contributed by atoms with E-state index in [4.69, 9.17) is 4.84 Å². The van der Waals surface area contributed by atoms with Crippen molar-refractivity contribution in [3.63, 3.8) is 0 Å². The first kappa shape index (κ1) is 21.6. The highest BCUT2D eigenvalue weighted by atomic mass is 16.6. The van der Waals surface area contributed by atoms with Crippen LogP contribution in [-0.2, 0) is 4.84 Å². The molecule has 0 aromatic carbocycles. The Morgan fingerprint density at radius 2 is 1.76 bits per heavy atom. The van der Waals surface area contributed by atoms with E-state index in [1.165, 1.54) is 44.9 Å². The van der Waals surface area contributed by atoms with Gasteiger partial charge < -0.3 is 14.8 Å². The normalized spacial score (nSPS) is 47.1. The molecule has 0 spiro atoms. The average Bonchev–Trinajstić information content (AvgIpc) is 3.01. The van der Waals surface area contributed by atoms with Crippen molar-refractivity contribution in [3.05, 3.63) is 0 Å². The van der Waals surface area contributed by atoms with Crippen LogP contribution >= 0.6 is 0 Å². The van der Waals surface area contributed by atoms with Crippen LogP contribution < -0.4 is 0 Å². The van der Waals surface area contributed by atoms with Crippen molar-refractivity contribution in [2.45, 2.75) is 84.2 Å². The summed E-state index contributed by atoms with van der Waals surface area (Å²) in [5.41, 5.74) is 0.984. The molecule has 4 aliphatic carbocycles. The third kappa shape index (κ3) is 4.01. The lowest BCUT2D eigenvalue weighted by Crippen LogP contribution is -2.53. The van der Waals surface area contributed by atoms with E-state index in [1.54, 1.807) is 0 Å². The third-order valence-corrected chi connectivity index (χ3v) is 10.0. The van der Waals surface area contributed by atoms with Gasteiger partial charge in [0, 0.05) is 12.8 Å². The Balaban J connectivity index is 1.38. The Morgan fingerprint density at radius 3 is 2.55 bits per heavy atom. The molecule has 1 N–H and O–H groups in total. The summed E-state index contributed by atoms with van der Waals surface area (Å²) in [5, 5.41) is 14.5. The molecule has 0 aliphatic heterocycles. The van der Waals surface area contributed by atoms with Crippen molar-refractivity contribution < 1.29 is 9.94 Å². The number of hydrogen-bond acceptors (Lipinski definition) is 4. The predicted octanol–water partition coefficient (Wildman–Crippen LogP) is 4.96. The van der Waals surface area contributed by atoms with Crippen molar-refractivity contribution in [2.75, 3.05) is 27.2 Å². The van der Waals surface area contributed by atoms with Gasteiger partial charge in [-0.3, -0.25) is 0 Å². The minimum Gasteiger partial charge on any atom is -0.395 e. The lowest BCUT2D eigenvalue weighted by molar-refractivity contribution is -0.126. The zero-order valence-corrected chi connectivity index (χ0v) is 19.3. The van der Waals surface area contributed by atoms with Crippen LogP contribution in [0.3, 0.4) is 0 Å². The van der Waals surface area contributed by atoms with Crippen LogP contribution in [0.4, 0.5) is 0 Å². The fraction of sp³-hybridized carbons (Fsp3) is 0.960. The molecule has 4 aliphatic rings. The molecule has 0 heterocycles. The van der Waals surface area contributed by atoms with Crippen molar-refractivity contribution >= 4 is 6.21 Å². The number of hydrogen-bond donors (Lipinski definition) is 1. The maximum Gasteiger partial charge on any atom is 0.129 e. The minimum absolute atomic E-state index is 0.0337. The Bertz CT molecular complexity index is 593. The lowest BCUT2D eigenvalue weighted by Gasteiger charge is -2.61. The van der Waals surface area contributed by atoms with Crippen LogP contribution in [0, 0.1) is 40.4 Å². The summed E-state index contributed by atoms with van der Waals surface area (Å²) >= 11 is 0. The van der Waals surface area contributed by atoms with Gasteiger partial charge >= 0.3 is 0 Å². The molecular weight excluding hydrogens is 360 g/mol. The molecule has 8 atom stereocenters. The summed E-state index contributed by atoms with van der Waals surface area (Å²) in [6, 6.07) is 0. The molecule has 4 saturated carbocycles. The van der Waals surface area contributed by atoms with Gasteiger partial charge in [-0.2, -0.15) is 0 Å². The number of aliphatic hydroxyl groups is 1. The van der Waals surface area contributed by atoms with Crippen molar-refractivity contribution in [1.29, 1.82) is 0 Å². The molecule has 3 unspecified atom stereocenters. The summed E-state index contributed by atoms with van der Waals surface area (Å²) < 4.78 is 0. The second-order valence-corrected chi connectivity index (χ2v) is 11.6. The van der Waals surface area contributed by atoms with Crippen LogP contribution in [0.2, 0.25) is 0 Å². The van der Waals surface area contributed by atoms with Crippen molar-refractivity contribution in [3.8, 4) is 0 Å². The second kappa shape index (κ2) is 8.49. The van der Waals surface area contributed by atoms with Gasteiger partial charge in [0.2, 0.25) is 0 Å². The standard InChI is InChI=1S/C25H44N2O2/c1-24-13-10-23-21(7-5-19-17-20(28)9-12-25(19,23)2)22(24)8-6-18(24)11-14-26-29-16-15-27(3)4/h14,18-23,28H,5-13,15-17H2,1-4H3/b26-14+/t18?,19?,20?,21-,22-,23+,24+,25-/m0/s1. The third-order valence-electron chi connectivity index (χ3n) is 10.0. The first-order valence-electron chi connectivity index (χ1n) is 12.3. The number of aliphatic hydroxyl groups excluding tert-OH is 1.